The lowest BCUT2D eigenvalue weighted by molar-refractivity contribution is -0.118. The Balaban J connectivity index is 1.96. The molecule has 5 nitrogen and oxygen atoms in total. The molecule has 2 rings (SSSR count). The Morgan fingerprint density at radius 3 is 3.11 bits per heavy atom. The van der Waals surface area contributed by atoms with Gasteiger partial charge < -0.3 is 10.6 Å². The normalized spacial score (nSPS) is 19.8. The lowest BCUT2D eigenvalue weighted by Crippen LogP contribution is -2.36. The maximum atomic E-state index is 10.8. The molecule has 2 N–H and O–H groups in total. The number of carbonyl (C=O) groups excluding carboxylic acids is 1. The van der Waals surface area contributed by atoms with Gasteiger partial charge in [-0.25, -0.2) is 4.98 Å². The van der Waals surface area contributed by atoms with Crippen molar-refractivity contribution < 1.29 is 4.79 Å². The number of carbonyl (C=O) groups is 1. The second kappa shape index (κ2) is 5.80. The van der Waals surface area contributed by atoms with E-state index in [2.05, 4.69) is 14.9 Å². The summed E-state index contributed by atoms with van der Waals surface area (Å²) in [4.78, 5) is 21.8. The highest BCUT2D eigenvalue weighted by molar-refractivity contribution is 5.73. The summed E-state index contributed by atoms with van der Waals surface area (Å²) in [6, 6.07) is 0. The SMILES string of the molecule is Cc1cncc(N2CCCC(CCC(N)=O)C2)n1. The van der Waals surface area contributed by atoms with E-state index in [0.29, 0.717) is 12.3 Å². The molecule has 1 aromatic rings. The molecular formula is C13H20N4O. The minimum absolute atomic E-state index is 0.206. The third-order valence-electron chi connectivity index (χ3n) is 3.38. The minimum atomic E-state index is -0.206. The van der Waals surface area contributed by atoms with Crippen molar-refractivity contribution in [1.82, 2.24) is 9.97 Å². The fourth-order valence-electron chi connectivity index (χ4n) is 2.46. The van der Waals surface area contributed by atoms with Crippen LogP contribution in [0.4, 0.5) is 5.82 Å². The standard InChI is InChI=1S/C13H20N4O/c1-10-7-15-8-13(16-10)17-6-2-3-11(9-17)4-5-12(14)18/h7-8,11H,2-6,9H2,1H3,(H2,14,18). The number of aromatic nitrogens is 2. The van der Waals surface area contributed by atoms with Gasteiger partial charge in [-0.2, -0.15) is 0 Å². The van der Waals surface area contributed by atoms with E-state index in [-0.39, 0.29) is 5.91 Å². The van der Waals surface area contributed by atoms with Crippen molar-refractivity contribution >= 4 is 11.7 Å². The van der Waals surface area contributed by atoms with Crippen LogP contribution >= 0.6 is 0 Å². The minimum Gasteiger partial charge on any atom is -0.370 e. The summed E-state index contributed by atoms with van der Waals surface area (Å²) in [5.41, 5.74) is 6.14. The fraction of sp³-hybridized carbons (Fsp3) is 0.615. The van der Waals surface area contributed by atoms with Gasteiger partial charge >= 0.3 is 0 Å². The molecule has 1 aliphatic rings. The van der Waals surface area contributed by atoms with Crippen LogP contribution in [0.15, 0.2) is 12.4 Å². The number of hydrogen-bond acceptors (Lipinski definition) is 4. The summed E-state index contributed by atoms with van der Waals surface area (Å²) >= 11 is 0. The fourth-order valence-corrected chi connectivity index (χ4v) is 2.46. The Morgan fingerprint density at radius 2 is 2.39 bits per heavy atom. The van der Waals surface area contributed by atoms with E-state index < -0.39 is 0 Å². The van der Waals surface area contributed by atoms with Crippen LogP contribution in [0.5, 0.6) is 0 Å². The number of primary amides is 1. The molecule has 5 heteroatoms. The van der Waals surface area contributed by atoms with Gasteiger partial charge in [0, 0.05) is 25.7 Å². The van der Waals surface area contributed by atoms with Gasteiger partial charge in [-0.1, -0.05) is 0 Å². The van der Waals surface area contributed by atoms with Crippen molar-refractivity contribution in [3.8, 4) is 0 Å². The van der Waals surface area contributed by atoms with Gasteiger partial charge in [-0.15, -0.1) is 0 Å². The zero-order chi connectivity index (χ0) is 13.0. The Kier molecular flexibility index (Phi) is 4.12. The van der Waals surface area contributed by atoms with Gasteiger partial charge in [-0.05, 0) is 32.1 Å². The molecule has 2 heterocycles. The first-order valence-corrected chi connectivity index (χ1v) is 6.47. The Hall–Kier alpha value is -1.65. The number of aryl methyl sites for hydroxylation is 1. The number of hydrogen-bond donors (Lipinski definition) is 1. The van der Waals surface area contributed by atoms with Gasteiger partial charge in [-0.3, -0.25) is 9.78 Å². The summed E-state index contributed by atoms with van der Waals surface area (Å²) in [5.74, 6) is 1.27. The molecule has 0 radical (unpaired) electrons. The van der Waals surface area contributed by atoms with E-state index in [0.717, 1.165) is 37.4 Å². The first kappa shape index (κ1) is 12.8. The number of rotatable bonds is 4. The number of amides is 1. The third kappa shape index (κ3) is 3.42. The third-order valence-corrected chi connectivity index (χ3v) is 3.38. The molecule has 1 unspecified atom stereocenters. The smallest absolute Gasteiger partial charge is 0.217 e. The highest BCUT2D eigenvalue weighted by Crippen LogP contribution is 2.24. The van der Waals surface area contributed by atoms with Crippen LogP contribution in [-0.2, 0) is 4.79 Å². The zero-order valence-electron chi connectivity index (χ0n) is 10.8. The lowest BCUT2D eigenvalue weighted by atomic mass is 9.93. The molecule has 0 aliphatic carbocycles. The molecule has 0 saturated carbocycles. The Labute approximate surface area is 107 Å². The molecule has 1 fully saturated rings. The maximum absolute atomic E-state index is 10.8. The molecule has 1 aliphatic heterocycles. The molecule has 1 atom stereocenters. The molecular weight excluding hydrogens is 228 g/mol. The van der Waals surface area contributed by atoms with Crippen molar-refractivity contribution in [2.45, 2.75) is 32.6 Å². The quantitative estimate of drug-likeness (QED) is 0.871. The van der Waals surface area contributed by atoms with Crippen molar-refractivity contribution in [2.75, 3.05) is 18.0 Å². The molecule has 1 amide bonds. The van der Waals surface area contributed by atoms with Gasteiger partial charge in [0.2, 0.25) is 5.91 Å². The van der Waals surface area contributed by atoms with Crippen LogP contribution in [0.25, 0.3) is 0 Å². The number of anilines is 1. The second-order valence-electron chi connectivity index (χ2n) is 4.98. The molecule has 18 heavy (non-hydrogen) atoms. The van der Waals surface area contributed by atoms with Gasteiger partial charge in [0.1, 0.15) is 5.82 Å². The van der Waals surface area contributed by atoms with Crippen LogP contribution in [0.1, 0.15) is 31.4 Å². The molecule has 0 aromatic carbocycles. The Morgan fingerprint density at radius 1 is 1.56 bits per heavy atom. The van der Waals surface area contributed by atoms with Crippen molar-refractivity contribution in [3.05, 3.63) is 18.1 Å². The lowest BCUT2D eigenvalue weighted by Gasteiger charge is -2.33. The first-order valence-electron chi connectivity index (χ1n) is 6.47. The number of nitrogens with two attached hydrogens (primary N) is 1. The maximum Gasteiger partial charge on any atom is 0.217 e. The van der Waals surface area contributed by atoms with Crippen LogP contribution in [0, 0.1) is 12.8 Å². The monoisotopic (exact) mass is 248 g/mol. The average Bonchev–Trinajstić information content (AvgIpc) is 2.37. The van der Waals surface area contributed by atoms with Crippen LogP contribution in [-0.4, -0.2) is 29.0 Å². The van der Waals surface area contributed by atoms with Crippen molar-refractivity contribution in [1.29, 1.82) is 0 Å². The van der Waals surface area contributed by atoms with Crippen LogP contribution in [0.2, 0.25) is 0 Å². The second-order valence-corrected chi connectivity index (χ2v) is 4.98. The molecule has 0 bridgehead atoms. The largest absolute Gasteiger partial charge is 0.370 e. The highest BCUT2D eigenvalue weighted by atomic mass is 16.1. The van der Waals surface area contributed by atoms with Crippen LogP contribution < -0.4 is 10.6 Å². The number of piperidine rings is 1. The first-order chi connectivity index (χ1) is 8.65. The molecule has 1 aromatic heterocycles. The highest BCUT2D eigenvalue weighted by Gasteiger charge is 2.21. The predicted molar refractivity (Wildman–Crippen MR) is 70.1 cm³/mol. The van der Waals surface area contributed by atoms with E-state index >= 15 is 0 Å². The molecule has 98 valence electrons. The predicted octanol–water partition coefficient (Wildman–Crippen LogP) is 1.27. The van der Waals surface area contributed by atoms with Gasteiger partial charge in [0.15, 0.2) is 0 Å². The van der Waals surface area contributed by atoms with E-state index in [1.165, 1.54) is 6.42 Å². The van der Waals surface area contributed by atoms with Crippen molar-refractivity contribution in [2.24, 2.45) is 11.7 Å². The molecule has 0 spiro atoms. The topological polar surface area (TPSA) is 72.1 Å². The summed E-state index contributed by atoms with van der Waals surface area (Å²) in [5, 5.41) is 0. The summed E-state index contributed by atoms with van der Waals surface area (Å²) in [6.45, 7) is 3.92. The Bertz CT molecular complexity index is 421. The van der Waals surface area contributed by atoms with E-state index in [4.69, 9.17) is 5.73 Å². The van der Waals surface area contributed by atoms with E-state index in [9.17, 15) is 4.79 Å². The summed E-state index contributed by atoms with van der Waals surface area (Å²) in [7, 11) is 0. The zero-order valence-corrected chi connectivity index (χ0v) is 10.8. The van der Waals surface area contributed by atoms with Gasteiger partial charge in [0.25, 0.3) is 0 Å². The summed E-state index contributed by atoms with van der Waals surface area (Å²) in [6.07, 6.45) is 7.24. The molecule has 1 saturated heterocycles. The average molecular weight is 248 g/mol. The number of nitrogens with zero attached hydrogens (tertiary/aromatic N) is 3. The van der Waals surface area contributed by atoms with Gasteiger partial charge in [0.05, 0.1) is 11.9 Å². The van der Waals surface area contributed by atoms with Crippen molar-refractivity contribution in [3.63, 3.8) is 0 Å². The van der Waals surface area contributed by atoms with Crippen LogP contribution in [0.3, 0.4) is 0 Å². The van der Waals surface area contributed by atoms with E-state index in [1.807, 2.05) is 13.1 Å². The van der Waals surface area contributed by atoms with E-state index in [1.54, 1.807) is 6.20 Å². The summed E-state index contributed by atoms with van der Waals surface area (Å²) < 4.78 is 0.